The molecule has 3 rings (SSSR count). The predicted octanol–water partition coefficient (Wildman–Crippen LogP) is 5.26. The number of pyridine rings is 1. The largest absolute Gasteiger partial charge is 0.366 e. The molecule has 0 aliphatic heterocycles. The maximum Gasteiger partial charge on any atom is 0.171 e. The molecule has 0 aliphatic rings. The van der Waals surface area contributed by atoms with Crippen LogP contribution in [0.25, 0.3) is 5.65 Å². The number of aromatic nitrogens is 4. The molecule has 3 aromatic heterocycles. The summed E-state index contributed by atoms with van der Waals surface area (Å²) in [5.41, 5.74) is 3.11. The Morgan fingerprint density at radius 2 is 2.08 bits per heavy atom. The van der Waals surface area contributed by atoms with Crippen molar-refractivity contribution in [1.29, 1.82) is 0 Å². The molecule has 138 valence electrons. The number of nitrogens with zero attached hydrogens (tertiary/aromatic N) is 4. The number of aryl methyl sites for hydroxylation is 1. The van der Waals surface area contributed by atoms with Crippen molar-refractivity contribution in [3.8, 4) is 0 Å². The fourth-order valence-electron chi connectivity index (χ4n) is 2.97. The molecular weight excluding hydrogens is 390 g/mol. The van der Waals surface area contributed by atoms with Crippen LogP contribution in [0.5, 0.6) is 0 Å². The third-order valence-electron chi connectivity index (χ3n) is 4.39. The molecule has 6 heteroatoms. The van der Waals surface area contributed by atoms with Gasteiger partial charge in [-0.05, 0) is 46.3 Å². The van der Waals surface area contributed by atoms with Gasteiger partial charge in [0.25, 0.3) is 0 Å². The summed E-state index contributed by atoms with van der Waals surface area (Å²) in [6, 6.07) is 6.13. The highest BCUT2D eigenvalue weighted by Crippen LogP contribution is 2.22. The van der Waals surface area contributed by atoms with E-state index in [1.165, 1.54) is 25.7 Å². The molecule has 0 radical (unpaired) electrons. The summed E-state index contributed by atoms with van der Waals surface area (Å²) in [5.74, 6) is 1.75. The summed E-state index contributed by atoms with van der Waals surface area (Å²) >= 11 is 3.56. The average molecular weight is 416 g/mol. The van der Waals surface area contributed by atoms with Gasteiger partial charge in [-0.1, -0.05) is 39.2 Å². The first kappa shape index (κ1) is 18.8. The topological polar surface area (TPSA) is 55.1 Å². The van der Waals surface area contributed by atoms with Crippen LogP contribution in [0.3, 0.4) is 0 Å². The monoisotopic (exact) mass is 415 g/mol. The summed E-state index contributed by atoms with van der Waals surface area (Å²) in [5, 5.41) is 7.90. The lowest BCUT2D eigenvalue weighted by atomic mass is 10.0. The second kappa shape index (κ2) is 9.12. The molecule has 0 unspecified atom stereocenters. The van der Waals surface area contributed by atoms with Crippen LogP contribution in [-0.2, 0) is 13.0 Å². The van der Waals surface area contributed by atoms with E-state index in [1.54, 1.807) is 12.4 Å². The standard InChI is InChI=1S/C20H26BrN5/c1-15(2)7-4-3-5-9-17-11-19(23-13-16-8-6-10-22-12-16)26-20(25-17)18(21)14-24-26/h6,8,10-12,14-15,23H,3-5,7,9,13H2,1-2H3. The van der Waals surface area contributed by atoms with Crippen molar-refractivity contribution in [3.05, 3.63) is 52.5 Å². The van der Waals surface area contributed by atoms with Gasteiger partial charge in [-0.2, -0.15) is 9.61 Å². The smallest absolute Gasteiger partial charge is 0.171 e. The molecule has 0 aliphatic carbocycles. The number of anilines is 1. The molecule has 0 saturated heterocycles. The van der Waals surface area contributed by atoms with Crippen LogP contribution >= 0.6 is 15.9 Å². The number of hydrogen-bond acceptors (Lipinski definition) is 4. The second-order valence-corrected chi connectivity index (χ2v) is 7.92. The van der Waals surface area contributed by atoms with Gasteiger partial charge in [-0.3, -0.25) is 4.98 Å². The van der Waals surface area contributed by atoms with Gasteiger partial charge >= 0.3 is 0 Å². The van der Waals surface area contributed by atoms with Gasteiger partial charge in [-0.25, -0.2) is 4.98 Å². The zero-order valence-electron chi connectivity index (χ0n) is 15.5. The van der Waals surface area contributed by atoms with Gasteiger partial charge in [-0.15, -0.1) is 0 Å². The van der Waals surface area contributed by atoms with Crippen molar-refractivity contribution in [2.45, 2.75) is 52.5 Å². The molecule has 0 bridgehead atoms. The summed E-state index contributed by atoms with van der Waals surface area (Å²) < 4.78 is 2.77. The van der Waals surface area contributed by atoms with Crippen LogP contribution < -0.4 is 5.32 Å². The molecule has 3 aromatic rings. The van der Waals surface area contributed by atoms with Crippen LogP contribution in [0.2, 0.25) is 0 Å². The first-order valence-electron chi connectivity index (χ1n) is 9.29. The quantitative estimate of drug-likeness (QED) is 0.484. The van der Waals surface area contributed by atoms with E-state index >= 15 is 0 Å². The normalized spacial score (nSPS) is 11.4. The van der Waals surface area contributed by atoms with Crippen LogP contribution in [0.15, 0.2) is 41.3 Å². The molecule has 3 heterocycles. The lowest BCUT2D eigenvalue weighted by Gasteiger charge is -2.11. The molecule has 0 atom stereocenters. The molecule has 0 amide bonds. The van der Waals surface area contributed by atoms with E-state index in [4.69, 9.17) is 4.98 Å². The Hall–Kier alpha value is -1.95. The maximum atomic E-state index is 4.78. The second-order valence-electron chi connectivity index (χ2n) is 7.07. The van der Waals surface area contributed by atoms with Gasteiger partial charge in [0.15, 0.2) is 5.65 Å². The van der Waals surface area contributed by atoms with Crippen molar-refractivity contribution in [1.82, 2.24) is 19.6 Å². The fourth-order valence-corrected chi connectivity index (χ4v) is 3.32. The number of hydrogen-bond donors (Lipinski definition) is 1. The Morgan fingerprint density at radius 1 is 1.19 bits per heavy atom. The molecule has 5 nitrogen and oxygen atoms in total. The van der Waals surface area contributed by atoms with E-state index in [0.717, 1.165) is 39.5 Å². The number of nitrogens with one attached hydrogen (secondary N) is 1. The van der Waals surface area contributed by atoms with Crippen molar-refractivity contribution >= 4 is 27.4 Å². The van der Waals surface area contributed by atoms with Crippen LogP contribution in [0.1, 0.15) is 50.8 Å². The van der Waals surface area contributed by atoms with Crippen molar-refractivity contribution in [3.63, 3.8) is 0 Å². The molecule has 26 heavy (non-hydrogen) atoms. The molecule has 0 saturated carbocycles. The van der Waals surface area contributed by atoms with Gasteiger partial charge < -0.3 is 5.32 Å². The number of rotatable bonds is 9. The van der Waals surface area contributed by atoms with Gasteiger partial charge in [0.2, 0.25) is 0 Å². The Morgan fingerprint density at radius 3 is 2.85 bits per heavy atom. The fraction of sp³-hybridized carbons (Fsp3) is 0.450. The Labute approximate surface area is 163 Å². The lowest BCUT2D eigenvalue weighted by molar-refractivity contribution is 0.526. The van der Waals surface area contributed by atoms with E-state index in [2.05, 4.69) is 57.3 Å². The van der Waals surface area contributed by atoms with E-state index in [1.807, 2.05) is 16.8 Å². The lowest BCUT2D eigenvalue weighted by Crippen LogP contribution is -2.08. The zero-order valence-corrected chi connectivity index (χ0v) is 17.0. The maximum absolute atomic E-state index is 4.78. The van der Waals surface area contributed by atoms with E-state index in [-0.39, 0.29) is 0 Å². The molecule has 0 spiro atoms. The summed E-state index contributed by atoms with van der Waals surface area (Å²) in [6.45, 7) is 5.28. The van der Waals surface area contributed by atoms with Gasteiger partial charge in [0.1, 0.15) is 5.82 Å². The SMILES string of the molecule is CC(C)CCCCCc1cc(NCc2cccnc2)n2ncc(Br)c2n1. The molecule has 0 fully saturated rings. The minimum atomic E-state index is 0.707. The Kier molecular flexibility index (Phi) is 6.61. The van der Waals surface area contributed by atoms with Crippen molar-refractivity contribution in [2.75, 3.05) is 5.32 Å². The number of fused-ring (bicyclic) bond motifs is 1. The molecule has 1 N–H and O–H groups in total. The summed E-state index contributed by atoms with van der Waals surface area (Å²) in [7, 11) is 0. The zero-order chi connectivity index (χ0) is 18.4. The molecule has 0 aromatic carbocycles. The van der Waals surface area contributed by atoms with Crippen molar-refractivity contribution < 1.29 is 0 Å². The summed E-state index contributed by atoms with van der Waals surface area (Å²) in [4.78, 5) is 8.95. The first-order valence-corrected chi connectivity index (χ1v) is 10.1. The predicted molar refractivity (Wildman–Crippen MR) is 109 cm³/mol. The third kappa shape index (κ3) is 5.04. The van der Waals surface area contributed by atoms with E-state index in [9.17, 15) is 0 Å². The highest BCUT2D eigenvalue weighted by atomic mass is 79.9. The van der Waals surface area contributed by atoms with Crippen LogP contribution in [0, 0.1) is 5.92 Å². The van der Waals surface area contributed by atoms with Crippen LogP contribution in [0.4, 0.5) is 5.82 Å². The third-order valence-corrected chi connectivity index (χ3v) is 4.95. The van der Waals surface area contributed by atoms with E-state index in [0.29, 0.717) is 6.54 Å². The molecular formula is C20H26BrN5. The minimum Gasteiger partial charge on any atom is -0.366 e. The number of halogens is 1. The highest BCUT2D eigenvalue weighted by Gasteiger charge is 2.10. The van der Waals surface area contributed by atoms with Gasteiger partial charge in [0.05, 0.1) is 10.7 Å². The van der Waals surface area contributed by atoms with Gasteiger partial charge in [0, 0.05) is 30.7 Å². The summed E-state index contributed by atoms with van der Waals surface area (Å²) in [6.07, 6.45) is 11.5. The first-order chi connectivity index (χ1) is 12.6. The van der Waals surface area contributed by atoms with E-state index < -0.39 is 0 Å². The Balaban J connectivity index is 1.70. The Bertz CT molecular complexity index is 829. The highest BCUT2D eigenvalue weighted by molar-refractivity contribution is 9.10. The van der Waals surface area contributed by atoms with Crippen molar-refractivity contribution in [2.24, 2.45) is 5.92 Å². The average Bonchev–Trinajstić information content (AvgIpc) is 3.01. The van der Waals surface area contributed by atoms with Crippen LogP contribution in [-0.4, -0.2) is 19.6 Å². The minimum absolute atomic E-state index is 0.707. The number of unbranched alkanes of at least 4 members (excludes halogenated alkanes) is 2.